The number of nitriles is 1. The van der Waals surface area contributed by atoms with Gasteiger partial charge in [-0.1, -0.05) is 35.2 Å². The molecule has 1 aromatic rings. The maximum Gasteiger partial charge on any atom is 0.0677 e. The number of nitrogens with one attached hydrogen (secondary N) is 1. The number of aryl methyl sites for hydroxylation is 1. The van der Waals surface area contributed by atoms with E-state index < -0.39 is 0 Å². The number of nitrogens with zero attached hydrogens (tertiary/aromatic N) is 1. The molecule has 2 nitrogen and oxygen atoms in total. The lowest BCUT2D eigenvalue weighted by Gasteiger charge is -2.22. The molecule has 0 aromatic heterocycles. The molecular weight excluding hydrogens is 288 g/mol. The molecular formula is C15H19BrN2. The monoisotopic (exact) mass is 306 g/mol. The summed E-state index contributed by atoms with van der Waals surface area (Å²) in [5, 5.41) is 12.8. The lowest BCUT2D eigenvalue weighted by Crippen LogP contribution is -2.27. The minimum absolute atomic E-state index is 0.145. The minimum atomic E-state index is 0.145. The smallest absolute Gasteiger partial charge is 0.0677 e. The standard InChI is InChI=1S/C15H19BrN2/c1-11-7-13(16)9-14(8-11)18-15-6-4-2-3-5-12(15)10-17/h7-9,12,15,18H,2-6H2,1H3. The molecule has 1 saturated carbocycles. The van der Waals surface area contributed by atoms with Crippen LogP contribution in [-0.4, -0.2) is 6.04 Å². The number of hydrogen-bond acceptors (Lipinski definition) is 2. The highest BCUT2D eigenvalue weighted by Gasteiger charge is 2.23. The third kappa shape index (κ3) is 3.49. The fourth-order valence-corrected chi connectivity index (χ4v) is 3.28. The van der Waals surface area contributed by atoms with Gasteiger partial charge in [-0.25, -0.2) is 0 Å². The van der Waals surface area contributed by atoms with Crippen LogP contribution in [0.1, 0.15) is 37.7 Å². The number of benzene rings is 1. The van der Waals surface area contributed by atoms with Crippen molar-refractivity contribution >= 4 is 21.6 Å². The van der Waals surface area contributed by atoms with Crippen molar-refractivity contribution in [2.24, 2.45) is 5.92 Å². The maximum atomic E-state index is 9.27. The van der Waals surface area contributed by atoms with E-state index in [4.69, 9.17) is 0 Å². The molecule has 1 aliphatic rings. The third-order valence-corrected chi connectivity index (χ3v) is 4.03. The summed E-state index contributed by atoms with van der Waals surface area (Å²) in [5.41, 5.74) is 2.35. The summed E-state index contributed by atoms with van der Waals surface area (Å²) < 4.78 is 1.09. The summed E-state index contributed by atoms with van der Waals surface area (Å²) >= 11 is 3.52. The molecule has 0 bridgehead atoms. The SMILES string of the molecule is Cc1cc(Br)cc(NC2CCCCCC2C#N)c1. The van der Waals surface area contributed by atoms with Crippen LogP contribution < -0.4 is 5.32 Å². The quantitative estimate of drug-likeness (QED) is 0.808. The van der Waals surface area contributed by atoms with Crippen LogP contribution in [0.2, 0.25) is 0 Å². The van der Waals surface area contributed by atoms with Gasteiger partial charge in [-0.2, -0.15) is 5.26 Å². The highest BCUT2D eigenvalue weighted by Crippen LogP contribution is 2.27. The Morgan fingerprint density at radius 1 is 1.22 bits per heavy atom. The average molecular weight is 307 g/mol. The molecule has 0 saturated heterocycles. The Labute approximate surface area is 118 Å². The summed E-state index contributed by atoms with van der Waals surface area (Å²) in [4.78, 5) is 0. The summed E-state index contributed by atoms with van der Waals surface area (Å²) in [6, 6.07) is 9.10. The molecule has 2 rings (SSSR count). The zero-order valence-corrected chi connectivity index (χ0v) is 12.3. The highest BCUT2D eigenvalue weighted by atomic mass is 79.9. The van der Waals surface area contributed by atoms with Crippen molar-refractivity contribution in [3.8, 4) is 6.07 Å². The summed E-state index contributed by atoms with van der Waals surface area (Å²) in [6.07, 6.45) is 5.80. The molecule has 0 amide bonds. The Balaban J connectivity index is 2.13. The number of hydrogen-bond donors (Lipinski definition) is 1. The normalized spacial score (nSPS) is 24.1. The van der Waals surface area contributed by atoms with Crippen molar-refractivity contribution in [1.29, 1.82) is 5.26 Å². The van der Waals surface area contributed by atoms with Crippen LogP contribution >= 0.6 is 15.9 Å². The Kier molecular flexibility index (Phi) is 4.66. The molecule has 3 heteroatoms. The van der Waals surface area contributed by atoms with Crippen molar-refractivity contribution in [3.05, 3.63) is 28.2 Å². The lowest BCUT2D eigenvalue weighted by molar-refractivity contribution is 0.514. The van der Waals surface area contributed by atoms with Crippen LogP contribution in [0.15, 0.2) is 22.7 Å². The maximum absolute atomic E-state index is 9.27. The van der Waals surface area contributed by atoms with Gasteiger partial charge < -0.3 is 5.32 Å². The van der Waals surface area contributed by atoms with Crippen LogP contribution in [-0.2, 0) is 0 Å². The molecule has 0 heterocycles. The fraction of sp³-hybridized carbons (Fsp3) is 0.533. The van der Waals surface area contributed by atoms with Crippen LogP contribution in [0.3, 0.4) is 0 Å². The third-order valence-electron chi connectivity index (χ3n) is 3.58. The first kappa shape index (κ1) is 13.4. The summed E-state index contributed by atoms with van der Waals surface area (Å²) in [5.74, 6) is 0.145. The number of rotatable bonds is 2. The van der Waals surface area contributed by atoms with E-state index in [-0.39, 0.29) is 5.92 Å². The van der Waals surface area contributed by atoms with Gasteiger partial charge in [0.2, 0.25) is 0 Å². The van der Waals surface area contributed by atoms with E-state index in [0.29, 0.717) is 6.04 Å². The Morgan fingerprint density at radius 3 is 2.72 bits per heavy atom. The molecule has 0 radical (unpaired) electrons. The molecule has 2 atom stereocenters. The molecule has 0 aliphatic heterocycles. The second kappa shape index (κ2) is 6.24. The Hall–Kier alpha value is -1.01. The molecule has 1 fully saturated rings. The van der Waals surface area contributed by atoms with Crippen LogP contribution in [0.5, 0.6) is 0 Å². The Morgan fingerprint density at radius 2 is 2.00 bits per heavy atom. The van der Waals surface area contributed by atoms with Crippen molar-refractivity contribution in [2.45, 2.75) is 45.1 Å². The summed E-state index contributed by atoms with van der Waals surface area (Å²) in [6.45, 7) is 2.09. The van der Waals surface area contributed by atoms with Crippen LogP contribution in [0, 0.1) is 24.2 Å². The van der Waals surface area contributed by atoms with Crippen LogP contribution in [0.4, 0.5) is 5.69 Å². The first-order valence-electron chi connectivity index (χ1n) is 6.62. The molecule has 18 heavy (non-hydrogen) atoms. The van der Waals surface area contributed by atoms with Crippen molar-refractivity contribution in [1.82, 2.24) is 0 Å². The predicted molar refractivity (Wildman–Crippen MR) is 78.5 cm³/mol. The van der Waals surface area contributed by atoms with Gasteiger partial charge in [0.05, 0.1) is 12.0 Å². The molecule has 0 spiro atoms. The zero-order valence-electron chi connectivity index (χ0n) is 10.7. The van der Waals surface area contributed by atoms with Gasteiger partial charge in [0.15, 0.2) is 0 Å². The topological polar surface area (TPSA) is 35.8 Å². The fourth-order valence-electron chi connectivity index (χ4n) is 2.67. The minimum Gasteiger partial charge on any atom is -0.381 e. The van der Waals surface area contributed by atoms with E-state index in [1.165, 1.54) is 24.8 Å². The van der Waals surface area contributed by atoms with E-state index in [9.17, 15) is 5.26 Å². The lowest BCUT2D eigenvalue weighted by atomic mass is 9.96. The zero-order chi connectivity index (χ0) is 13.0. The van der Waals surface area contributed by atoms with E-state index >= 15 is 0 Å². The van der Waals surface area contributed by atoms with E-state index in [1.54, 1.807) is 0 Å². The number of halogens is 1. The molecule has 1 aromatic carbocycles. The van der Waals surface area contributed by atoms with E-state index in [1.807, 2.05) is 0 Å². The van der Waals surface area contributed by atoms with Gasteiger partial charge in [-0.05, 0) is 43.5 Å². The molecule has 1 N–H and O–H groups in total. The van der Waals surface area contributed by atoms with Crippen LogP contribution in [0.25, 0.3) is 0 Å². The highest BCUT2D eigenvalue weighted by molar-refractivity contribution is 9.10. The van der Waals surface area contributed by atoms with Crippen molar-refractivity contribution < 1.29 is 0 Å². The van der Waals surface area contributed by atoms with Gasteiger partial charge in [0, 0.05) is 16.2 Å². The number of anilines is 1. The van der Waals surface area contributed by atoms with Gasteiger partial charge in [0.1, 0.15) is 0 Å². The average Bonchev–Trinajstić information content (AvgIpc) is 2.52. The molecule has 1 aliphatic carbocycles. The van der Waals surface area contributed by atoms with Gasteiger partial charge in [0.25, 0.3) is 0 Å². The summed E-state index contributed by atoms with van der Waals surface area (Å²) in [7, 11) is 0. The predicted octanol–water partition coefficient (Wildman–Crippen LogP) is 4.64. The van der Waals surface area contributed by atoms with Crippen molar-refractivity contribution in [2.75, 3.05) is 5.32 Å². The second-order valence-corrected chi connectivity index (χ2v) is 6.06. The molecule has 96 valence electrons. The second-order valence-electron chi connectivity index (χ2n) is 5.14. The van der Waals surface area contributed by atoms with Crippen molar-refractivity contribution in [3.63, 3.8) is 0 Å². The first-order chi connectivity index (χ1) is 8.69. The molecule has 2 unspecified atom stereocenters. The first-order valence-corrected chi connectivity index (χ1v) is 7.41. The van der Waals surface area contributed by atoms with E-state index in [0.717, 1.165) is 23.0 Å². The largest absolute Gasteiger partial charge is 0.381 e. The Bertz CT molecular complexity index is 430. The van der Waals surface area contributed by atoms with Gasteiger partial charge in [-0.3, -0.25) is 0 Å². The van der Waals surface area contributed by atoms with E-state index in [2.05, 4.69) is 52.4 Å². The van der Waals surface area contributed by atoms with Gasteiger partial charge in [-0.15, -0.1) is 0 Å². The van der Waals surface area contributed by atoms with Gasteiger partial charge >= 0.3 is 0 Å².